The molecule has 0 radical (unpaired) electrons. The van der Waals surface area contributed by atoms with E-state index in [4.69, 9.17) is 16.3 Å². The molecule has 0 aromatic heterocycles. The Bertz CT molecular complexity index is 508. The average Bonchev–Trinajstić information content (AvgIpc) is 2.46. The maximum atomic E-state index is 12.0. The Kier molecular flexibility index (Phi) is 6.94. The minimum atomic E-state index is -0.583. The van der Waals surface area contributed by atoms with Crippen molar-refractivity contribution in [1.29, 1.82) is 0 Å². The summed E-state index contributed by atoms with van der Waals surface area (Å²) in [5.41, 5.74) is -0.244. The number of rotatable bonds is 8. The number of carbonyl (C=O) groups excluding carboxylic acids is 1. The van der Waals surface area contributed by atoms with Gasteiger partial charge in [0.2, 0.25) is 0 Å². The predicted octanol–water partition coefficient (Wildman–Crippen LogP) is 3.28. The van der Waals surface area contributed by atoms with Gasteiger partial charge in [0.1, 0.15) is 0 Å². The number of likely N-dealkylation sites (N-methyl/N-ethyl adjacent to an activating group) is 1. The van der Waals surface area contributed by atoms with Crippen molar-refractivity contribution in [3.05, 3.63) is 33.3 Å². The van der Waals surface area contributed by atoms with Crippen LogP contribution in [-0.4, -0.2) is 35.4 Å². The summed E-state index contributed by atoms with van der Waals surface area (Å²) in [6.07, 6.45) is 1.91. The van der Waals surface area contributed by atoms with Gasteiger partial charge < -0.3 is 9.64 Å². The maximum Gasteiger partial charge on any atom is 0.312 e. The first-order valence-corrected chi connectivity index (χ1v) is 7.21. The van der Waals surface area contributed by atoms with Gasteiger partial charge in [0.25, 0.3) is 5.91 Å². The van der Waals surface area contributed by atoms with Crippen LogP contribution in [0.4, 0.5) is 5.69 Å². The third-order valence-electron chi connectivity index (χ3n) is 2.98. The second kappa shape index (κ2) is 8.46. The van der Waals surface area contributed by atoms with E-state index in [1.54, 1.807) is 4.90 Å². The number of amides is 1. The van der Waals surface area contributed by atoms with Crippen LogP contribution < -0.4 is 4.74 Å². The summed E-state index contributed by atoms with van der Waals surface area (Å²) < 4.78 is 5.29. The zero-order valence-corrected chi connectivity index (χ0v) is 12.9. The number of benzene rings is 1. The van der Waals surface area contributed by atoms with E-state index in [0.29, 0.717) is 13.1 Å². The van der Waals surface area contributed by atoms with E-state index in [-0.39, 0.29) is 29.0 Å². The van der Waals surface area contributed by atoms with Crippen molar-refractivity contribution < 1.29 is 14.5 Å². The summed E-state index contributed by atoms with van der Waals surface area (Å²) >= 11 is 5.72. The highest BCUT2D eigenvalue weighted by molar-refractivity contribution is 6.30. The van der Waals surface area contributed by atoms with E-state index < -0.39 is 4.92 Å². The Morgan fingerprint density at radius 2 is 2.14 bits per heavy atom. The Balaban J connectivity index is 2.70. The molecule has 7 heteroatoms. The molecule has 1 aromatic carbocycles. The highest BCUT2D eigenvalue weighted by Gasteiger charge is 2.18. The molecular formula is C14H19ClN2O4. The Labute approximate surface area is 128 Å². The number of nitro groups is 1. The van der Waals surface area contributed by atoms with Gasteiger partial charge in [-0.2, -0.15) is 0 Å². The Hall–Kier alpha value is -1.82. The molecule has 1 rings (SSSR count). The van der Waals surface area contributed by atoms with Crippen molar-refractivity contribution in [2.75, 3.05) is 19.7 Å². The van der Waals surface area contributed by atoms with Crippen molar-refractivity contribution in [3.63, 3.8) is 0 Å². The van der Waals surface area contributed by atoms with Gasteiger partial charge in [-0.25, -0.2) is 0 Å². The van der Waals surface area contributed by atoms with Crippen molar-refractivity contribution in [1.82, 2.24) is 4.90 Å². The molecule has 116 valence electrons. The van der Waals surface area contributed by atoms with Crippen LogP contribution in [0.1, 0.15) is 26.7 Å². The number of unbranched alkanes of at least 4 members (excludes halogenated alkanes) is 1. The Morgan fingerprint density at radius 3 is 2.71 bits per heavy atom. The molecule has 0 unspecified atom stereocenters. The third kappa shape index (κ3) is 5.23. The third-order valence-corrected chi connectivity index (χ3v) is 3.22. The SMILES string of the molecule is CCCCN(CC)C(=O)COc1ccc(Cl)cc1[N+](=O)[O-]. The van der Waals surface area contributed by atoms with E-state index in [2.05, 4.69) is 0 Å². The van der Waals surface area contributed by atoms with Gasteiger partial charge in [0.15, 0.2) is 12.4 Å². The zero-order chi connectivity index (χ0) is 15.8. The fraction of sp³-hybridized carbons (Fsp3) is 0.500. The molecule has 0 N–H and O–H groups in total. The number of halogens is 1. The standard InChI is InChI=1S/C14H19ClN2O4/c1-3-5-8-16(4-2)14(18)10-21-13-7-6-11(15)9-12(13)17(19)20/h6-7,9H,3-5,8,10H2,1-2H3. The Morgan fingerprint density at radius 1 is 1.43 bits per heavy atom. The topological polar surface area (TPSA) is 72.7 Å². The van der Waals surface area contributed by atoms with E-state index in [1.807, 2.05) is 13.8 Å². The molecule has 0 spiro atoms. The number of hydrogen-bond donors (Lipinski definition) is 0. The first kappa shape index (κ1) is 17.2. The molecular weight excluding hydrogens is 296 g/mol. The lowest BCUT2D eigenvalue weighted by Gasteiger charge is -2.20. The van der Waals surface area contributed by atoms with Crippen LogP contribution in [0.2, 0.25) is 5.02 Å². The molecule has 0 saturated heterocycles. The first-order valence-electron chi connectivity index (χ1n) is 6.84. The molecule has 0 fully saturated rings. The van der Waals surface area contributed by atoms with Crippen LogP contribution >= 0.6 is 11.6 Å². The number of carbonyl (C=O) groups is 1. The summed E-state index contributed by atoms with van der Waals surface area (Å²) in [5, 5.41) is 11.2. The van der Waals surface area contributed by atoms with E-state index in [9.17, 15) is 14.9 Å². The normalized spacial score (nSPS) is 10.2. The molecule has 0 aliphatic carbocycles. The molecule has 21 heavy (non-hydrogen) atoms. The largest absolute Gasteiger partial charge is 0.477 e. The van der Waals surface area contributed by atoms with Gasteiger partial charge in [-0.15, -0.1) is 0 Å². The van der Waals surface area contributed by atoms with Crippen molar-refractivity contribution in [2.24, 2.45) is 0 Å². The highest BCUT2D eigenvalue weighted by Crippen LogP contribution is 2.29. The number of nitro benzene ring substituents is 1. The second-order valence-electron chi connectivity index (χ2n) is 4.48. The van der Waals surface area contributed by atoms with Crippen LogP contribution in [0, 0.1) is 10.1 Å². The summed E-state index contributed by atoms with van der Waals surface area (Å²) in [6, 6.07) is 4.09. The quantitative estimate of drug-likeness (QED) is 0.545. The molecule has 1 amide bonds. The van der Waals surface area contributed by atoms with Crippen LogP contribution in [0.5, 0.6) is 5.75 Å². The van der Waals surface area contributed by atoms with Crippen molar-refractivity contribution in [3.8, 4) is 5.75 Å². The summed E-state index contributed by atoms with van der Waals surface area (Å²) in [5.74, 6) is -0.139. The molecule has 0 aliphatic rings. The van der Waals surface area contributed by atoms with Gasteiger partial charge >= 0.3 is 5.69 Å². The highest BCUT2D eigenvalue weighted by atomic mass is 35.5. The smallest absolute Gasteiger partial charge is 0.312 e. The number of hydrogen-bond acceptors (Lipinski definition) is 4. The van der Waals surface area contributed by atoms with Crippen LogP contribution in [-0.2, 0) is 4.79 Å². The maximum absolute atomic E-state index is 12.0. The lowest BCUT2D eigenvalue weighted by atomic mass is 10.3. The lowest BCUT2D eigenvalue weighted by molar-refractivity contribution is -0.385. The molecule has 0 atom stereocenters. The van der Waals surface area contributed by atoms with Gasteiger partial charge in [-0.3, -0.25) is 14.9 Å². The summed E-state index contributed by atoms with van der Waals surface area (Å²) in [6.45, 7) is 4.97. The summed E-state index contributed by atoms with van der Waals surface area (Å²) in [7, 11) is 0. The molecule has 1 aromatic rings. The molecule has 0 saturated carbocycles. The van der Waals surface area contributed by atoms with Crippen LogP contribution in [0.3, 0.4) is 0 Å². The van der Waals surface area contributed by atoms with E-state index in [1.165, 1.54) is 18.2 Å². The fourth-order valence-corrected chi connectivity index (χ4v) is 1.96. The fourth-order valence-electron chi connectivity index (χ4n) is 1.79. The van der Waals surface area contributed by atoms with Gasteiger partial charge in [-0.1, -0.05) is 24.9 Å². The summed E-state index contributed by atoms with van der Waals surface area (Å²) in [4.78, 5) is 24.0. The van der Waals surface area contributed by atoms with Crippen LogP contribution in [0.25, 0.3) is 0 Å². The van der Waals surface area contributed by atoms with Crippen molar-refractivity contribution in [2.45, 2.75) is 26.7 Å². The average molecular weight is 315 g/mol. The molecule has 0 heterocycles. The molecule has 6 nitrogen and oxygen atoms in total. The van der Waals surface area contributed by atoms with Crippen LogP contribution in [0.15, 0.2) is 18.2 Å². The monoisotopic (exact) mass is 314 g/mol. The van der Waals surface area contributed by atoms with Crippen molar-refractivity contribution >= 4 is 23.2 Å². The number of nitrogens with zero attached hydrogens (tertiary/aromatic N) is 2. The van der Waals surface area contributed by atoms with Gasteiger partial charge in [0, 0.05) is 24.2 Å². The lowest BCUT2D eigenvalue weighted by Crippen LogP contribution is -2.35. The number of ether oxygens (including phenoxy) is 1. The van der Waals surface area contributed by atoms with Gasteiger partial charge in [-0.05, 0) is 25.5 Å². The molecule has 0 aliphatic heterocycles. The van der Waals surface area contributed by atoms with E-state index in [0.717, 1.165) is 12.8 Å². The predicted molar refractivity (Wildman–Crippen MR) is 80.8 cm³/mol. The first-order chi connectivity index (χ1) is 9.99. The zero-order valence-electron chi connectivity index (χ0n) is 12.2. The second-order valence-corrected chi connectivity index (χ2v) is 4.92. The van der Waals surface area contributed by atoms with Gasteiger partial charge in [0.05, 0.1) is 4.92 Å². The minimum Gasteiger partial charge on any atom is -0.477 e. The minimum absolute atomic E-state index is 0.0456. The van der Waals surface area contributed by atoms with E-state index >= 15 is 0 Å². The molecule has 0 bridgehead atoms.